The van der Waals surface area contributed by atoms with Crippen LogP contribution < -0.4 is 5.32 Å². The Labute approximate surface area is 91.2 Å². The smallest absolute Gasteiger partial charge is 0.0628 e. The summed E-state index contributed by atoms with van der Waals surface area (Å²) in [5, 5.41) is 20.9. The minimum absolute atomic E-state index is 0.173. The molecule has 0 amide bonds. The van der Waals surface area contributed by atoms with Gasteiger partial charge in [0.15, 0.2) is 0 Å². The molecule has 0 spiro atoms. The summed E-state index contributed by atoms with van der Waals surface area (Å²) in [5.41, 5.74) is 0.218. The molecule has 1 atom stereocenters. The van der Waals surface area contributed by atoms with Gasteiger partial charge in [-0.25, -0.2) is 0 Å². The van der Waals surface area contributed by atoms with Gasteiger partial charge in [0, 0.05) is 32.7 Å². The van der Waals surface area contributed by atoms with E-state index in [0.717, 1.165) is 19.4 Å². The third-order valence-electron chi connectivity index (χ3n) is 3.02. The van der Waals surface area contributed by atoms with E-state index in [9.17, 15) is 0 Å². The van der Waals surface area contributed by atoms with E-state index in [1.165, 1.54) is 0 Å². The second kappa shape index (κ2) is 6.06. The van der Waals surface area contributed by atoms with E-state index in [1.54, 1.807) is 7.11 Å². The number of aliphatic hydroxyl groups excluding tert-OH is 1. The lowest BCUT2D eigenvalue weighted by Gasteiger charge is -2.20. The molecule has 4 heteroatoms. The summed E-state index contributed by atoms with van der Waals surface area (Å²) in [7, 11) is 1.66. The molecule has 0 bridgehead atoms. The van der Waals surface area contributed by atoms with Crippen LogP contribution in [0.4, 0.5) is 0 Å². The Balaban J connectivity index is 2.24. The van der Waals surface area contributed by atoms with Crippen LogP contribution in [-0.2, 0) is 4.74 Å². The molecule has 0 radical (unpaired) electrons. The van der Waals surface area contributed by atoms with E-state index >= 15 is 0 Å². The van der Waals surface area contributed by atoms with Crippen molar-refractivity contribution in [1.29, 1.82) is 5.26 Å². The SMILES string of the molecule is COCC(CCO)NCC1(CC#N)CC1. The normalized spacial score (nSPS) is 19.5. The second-order valence-electron chi connectivity index (χ2n) is 4.38. The molecule has 2 N–H and O–H groups in total. The van der Waals surface area contributed by atoms with Crippen LogP contribution in [0.15, 0.2) is 0 Å². The molecule has 4 nitrogen and oxygen atoms in total. The summed E-state index contributed by atoms with van der Waals surface area (Å²) < 4.78 is 5.06. The molecule has 0 aromatic heterocycles. The van der Waals surface area contributed by atoms with Crippen molar-refractivity contribution in [3.8, 4) is 6.07 Å². The average molecular weight is 212 g/mol. The number of nitrogens with one attached hydrogen (secondary N) is 1. The van der Waals surface area contributed by atoms with E-state index in [0.29, 0.717) is 19.4 Å². The van der Waals surface area contributed by atoms with Crippen LogP contribution >= 0.6 is 0 Å². The topological polar surface area (TPSA) is 65.3 Å². The number of hydrogen-bond donors (Lipinski definition) is 2. The van der Waals surface area contributed by atoms with Gasteiger partial charge in [-0.3, -0.25) is 0 Å². The molecule has 15 heavy (non-hydrogen) atoms. The highest BCUT2D eigenvalue weighted by Crippen LogP contribution is 2.47. The number of aliphatic hydroxyl groups is 1. The standard InChI is InChI=1S/C11H20N2O2/c1-15-8-10(2-7-14)13-9-11(3-4-11)5-6-12/h10,13-14H,2-5,7-9H2,1H3. The highest BCUT2D eigenvalue weighted by Gasteiger charge is 2.42. The van der Waals surface area contributed by atoms with Gasteiger partial charge in [-0.15, -0.1) is 0 Å². The fourth-order valence-electron chi connectivity index (χ4n) is 1.72. The van der Waals surface area contributed by atoms with Crippen molar-refractivity contribution in [3.05, 3.63) is 0 Å². The molecule has 1 rings (SSSR count). The molecule has 0 aliphatic heterocycles. The Morgan fingerprint density at radius 3 is 2.80 bits per heavy atom. The lowest BCUT2D eigenvalue weighted by molar-refractivity contribution is 0.145. The van der Waals surface area contributed by atoms with E-state index in [2.05, 4.69) is 11.4 Å². The zero-order valence-corrected chi connectivity index (χ0v) is 9.33. The zero-order chi connectivity index (χ0) is 11.1. The molecule has 1 aliphatic rings. The first kappa shape index (κ1) is 12.4. The largest absolute Gasteiger partial charge is 0.396 e. The average Bonchev–Trinajstić information content (AvgIpc) is 2.97. The maximum absolute atomic E-state index is 8.86. The van der Waals surface area contributed by atoms with Gasteiger partial charge in [0.25, 0.3) is 0 Å². The maximum Gasteiger partial charge on any atom is 0.0628 e. The van der Waals surface area contributed by atoms with Crippen LogP contribution in [0.2, 0.25) is 0 Å². The van der Waals surface area contributed by atoms with Crippen molar-refractivity contribution in [2.24, 2.45) is 5.41 Å². The first-order chi connectivity index (χ1) is 7.26. The van der Waals surface area contributed by atoms with Crippen LogP contribution in [0, 0.1) is 16.7 Å². The number of rotatable bonds is 8. The first-order valence-corrected chi connectivity index (χ1v) is 5.46. The van der Waals surface area contributed by atoms with E-state index in [1.807, 2.05) is 0 Å². The number of nitriles is 1. The predicted octanol–water partition coefficient (Wildman–Crippen LogP) is 0.667. The lowest BCUT2D eigenvalue weighted by Crippen LogP contribution is -2.38. The molecule has 1 saturated carbocycles. The van der Waals surface area contributed by atoms with E-state index in [4.69, 9.17) is 15.1 Å². The molecule has 86 valence electrons. The number of nitrogens with zero attached hydrogens (tertiary/aromatic N) is 1. The zero-order valence-electron chi connectivity index (χ0n) is 9.33. The van der Waals surface area contributed by atoms with Crippen LogP contribution in [0.3, 0.4) is 0 Å². The molecule has 1 aliphatic carbocycles. The molecule has 1 unspecified atom stereocenters. The summed E-state index contributed by atoms with van der Waals surface area (Å²) in [5.74, 6) is 0. The molecule has 0 aromatic carbocycles. The Bertz CT molecular complexity index is 215. The van der Waals surface area contributed by atoms with Crippen molar-refractivity contribution < 1.29 is 9.84 Å². The van der Waals surface area contributed by atoms with Gasteiger partial charge < -0.3 is 15.2 Å². The van der Waals surface area contributed by atoms with Gasteiger partial charge in [-0.2, -0.15) is 5.26 Å². The molecular formula is C11H20N2O2. The van der Waals surface area contributed by atoms with Gasteiger partial charge in [-0.1, -0.05) is 0 Å². The Hall–Kier alpha value is -0.630. The summed E-state index contributed by atoms with van der Waals surface area (Å²) in [4.78, 5) is 0. The Morgan fingerprint density at radius 2 is 2.33 bits per heavy atom. The summed E-state index contributed by atoms with van der Waals surface area (Å²) >= 11 is 0. The summed E-state index contributed by atoms with van der Waals surface area (Å²) in [6, 6.07) is 2.44. The van der Waals surface area contributed by atoms with E-state index in [-0.39, 0.29) is 18.1 Å². The van der Waals surface area contributed by atoms with Crippen molar-refractivity contribution >= 4 is 0 Å². The van der Waals surface area contributed by atoms with Crippen LogP contribution in [0.5, 0.6) is 0 Å². The fourth-order valence-corrected chi connectivity index (χ4v) is 1.72. The summed E-state index contributed by atoms with van der Waals surface area (Å²) in [6.07, 6.45) is 3.63. The van der Waals surface area contributed by atoms with Crippen LogP contribution in [-0.4, -0.2) is 38.0 Å². The highest BCUT2D eigenvalue weighted by atomic mass is 16.5. The number of ether oxygens (including phenoxy) is 1. The number of hydrogen-bond acceptors (Lipinski definition) is 4. The minimum Gasteiger partial charge on any atom is -0.396 e. The van der Waals surface area contributed by atoms with Crippen molar-refractivity contribution in [2.75, 3.05) is 26.9 Å². The second-order valence-corrected chi connectivity index (χ2v) is 4.38. The predicted molar refractivity (Wildman–Crippen MR) is 57.3 cm³/mol. The van der Waals surface area contributed by atoms with Gasteiger partial charge in [0.1, 0.15) is 0 Å². The maximum atomic E-state index is 8.86. The Morgan fingerprint density at radius 1 is 1.60 bits per heavy atom. The third kappa shape index (κ3) is 4.17. The van der Waals surface area contributed by atoms with Gasteiger partial charge >= 0.3 is 0 Å². The van der Waals surface area contributed by atoms with Gasteiger partial charge in [0.2, 0.25) is 0 Å². The first-order valence-electron chi connectivity index (χ1n) is 5.46. The quantitative estimate of drug-likeness (QED) is 0.620. The van der Waals surface area contributed by atoms with Crippen molar-refractivity contribution in [1.82, 2.24) is 5.32 Å². The fraction of sp³-hybridized carbons (Fsp3) is 0.909. The highest BCUT2D eigenvalue weighted by molar-refractivity contribution is 5.01. The molecule has 0 saturated heterocycles. The van der Waals surface area contributed by atoms with Crippen molar-refractivity contribution in [2.45, 2.75) is 31.7 Å². The molecule has 0 aromatic rings. The minimum atomic E-state index is 0.173. The lowest BCUT2D eigenvalue weighted by atomic mass is 10.0. The van der Waals surface area contributed by atoms with Crippen LogP contribution in [0.1, 0.15) is 25.7 Å². The third-order valence-corrected chi connectivity index (χ3v) is 3.02. The van der Waals surface area contributed by atoms with Gasteiger partial charge in [-0.05, 0) is 24.7 Å². The van der Waals surface area contributed by atoms with Crippen molar-refractivity contribution in [3.63, 3.8) is 0 Å². The molecular weight excluding hydrogens is 192 g/mol. The summed E-state index contributed by atoms with van der Waals surface area (Å²) in [6.45, 7) is 1.66. The van der Waals surface area contributed by atoms with Gasteiger partial charge in [0.05, 0.1) is 12.7 Å². The number of methoxy groups -OCH3 is 1. The van der Waals surface area contributed by atoms with E-state index < -0.39 is 0 Å². The van der Waals surface area contributed by atoms with Crippen LogP contribution in [0.25, 0.3) is 0 Å². The molecule has 1 fully saturated rings. The Kier molecular flexibility index (Phi) is 5.03. The molecule has 0 heterocycles. The monoisotopic (exact) mass is 212 g/mol.